The summed E-state index contributed by atoms with van der Waals surface area (Å²) < 4.78 is 53.0. The molecule has 2 heterocycles. The second-order valence-electron chi connectivity index (χ2n) is 7.27. The number of aromatic nitrogens is 1. The van der Waals surface area contributed by atoms with Crippen LogP contribution in [0.3, 0.4) is 0 Å². The third-order valence-electron chi connectivity index (χ3n) is 5.54. The minimum atomic E-state index is -3.41. The summed E-state index contributed by atoms with van der Waals surface area (Å²) >= 11 is 0. The Morgan fingerprint density at radius 1 is 1.07 bits per heavy atom. The molecule has 0 bridgehead atoms. The first-order valence-electron chi connectivity index (χ1n) is 9.41. The molecule has 2 aromatic carbocycles. The van der Waals surface area contributed by atoms with Gasteiger partial charge in [0.05, 0.1) is 10.1 Å². The molecule has 1 aromatic heterocycles. The minimum Gasteiger partial charge on any atom is -0.360 e. The molecule has 0 spiro atoms. The number of nitrogens with zero attached hydrogens (tertiary/aromatic N) is 1. The quantitative estimate of drug-likeness (QED) is 0.701. The number of rotatable bonds is 5. The van der Waals surface area contributed by atoms with Gasteiger partial charge in [-0.05, 0) is 50.0 Å². The number of piperidine rings is 1. The van der Waals surface area contributed by atoms with Crippen LogP contribution in [0.4, 0.5) is 8.78 Å². The fourth-order valence-electron chi connectivity index (χ4n) is 3.91. The summed E-state index contributed by atoms with van der Waals surface area (Å²) in [6.07, 6.45) is 3.16. The minimum absolute atomic E-state index is 0.370. The highest BCUT2D eigenvalue weighted by Gasteiger charge is 2.32. The predicted molar refractivity (Wildman–Crippen MR) is 105 cm³/mol. The van der Waals surface area contributed by atoms with Crippen LogP contribution in [0.15, 0.2) is 53.6 Å². The van der Waals surface area contributed by atoms with E-state index in [4.69, 9.17) is 0 Å². The molecular formula is C21H22F2N2O2S. The zero-order valence-electron chi connectivity index (χ0n) is 15.4. The fourth-order valence-corrected chi connectivity index (χ4v) is 5.80. The number of sulfone groups is 1. The highest BCUT2D eigenvalue weighted by Crippen LogP contribution is 2.30. The van der Waals surface area contributed by atoms with Crippen molar-refractivity contribution < 1.29 is 17.2 Å². The van der Waals surface area contributed by atoms with E-state index in [-0.39, 0.29) is 0 Å². The van der Waals surface area contributed by atoms with E-state index in [2.05, 4.69) is 9.88 Å². The molecule has 4 nitrogen and oxygen atoms in total. The van der Waals surface area contributed by atoms with Crippen LogP contribution in [0.2, 0.25) is 0 Å². The third kappa shape index (κ3) is 3.69. The van der Waals surface area contributed by atoms with Gasteiger partial charge in [0.1, 0.15) is 11.6 Å². The molecule has 1 N–H and O–H groups in total. The van der Waals surface area contributed by atoms with Crippen molar-refractivity contribution in [3.8, 4) is 0 Å². The van der Waals surface area contributed by atoms with Crippen molar-refractivity contribution in [1.82, 2.24) is 9.88 Å². The van der Waals surface area contributed by atoms with E-state index in [9.17, 15) is 17.2 Å². The number of para-hydroxylation sites is 1. The highest BCUT2D eigenvalue weighted by molar-refractivity contribution is 7.92. The maximum Gasteiger partial charge on any atom is 0.183 e. The van der Waals surface area contributed by atoms with Crippen LogP contribution in [-0.4, -0.2) is 43.2 Å². The Hall–Kier alpha value is -2.25. The lowest BCUT2D eigenvalue weighted by atomic mass is 10.1. The average Bonchev–Trinajstić information content (AvgIpc) is 3.13. The van der Waals surface area contributed by atoms with E-state index in [0.29, 0.717) is 49.4 Å². The molecule has 3 aromatic rings. The standard InChI is InChI=1S/C21H22F2N2O2S/c22-16-6-5-15(19(23)13-16)7-10-25-11-8-17(9-12-25)28(26,27)21-14-24-20-4-2-1-3-18(20)21/h1-6,13-14,17,24H,7-12H2. The number of halogens is 2. The summed E-state index contributed by atoms with van der Waals surface area (Å²) in [5.74, 6) is -1.11. The maximum atomic E-state index is 13.8. The van der Waals surface area contributed by atoms with Crippen LogP contribution >= 0.6 is 0 Å². The Kier molecular flexibility index (Phi) is 5.21. The highest BCUT2D eigenvalue weighted by atomic mass is 32.2. The Balaban J connectivity index is 1.39. The van der Waals surface area contributed by atoms with E-state index >= 15 is 0 Å². The van der Waals surface area contributed by atoms with E-state index in [1.807, 2.05) is 24.3 Å². The molecule has 1 aliphatic heterocycles. The number of hydrogen-bond acceptors (Lipinski definition) is 3. The van der Waals surface area contributed by atoms with E-state index in [0.717, 1.165) is 17.0 Å². The lowest BCUT2D eigenvalue weighted by Gasteiger charge is -2.31. The lowest BCUT2D eigenvalue weighted by molar-refractivity contribution is 0.232. The molecule has 0 radical (unpaired) electrons. The zero-order valence-corrected chi connectivity index (χ0v) is 16.2. The van der Waals surface area contributed by atoms with Crippen LogP contribution in [0.1, 0.15) is 18.4 Å². The van der Waals surface area contributed by atoms with Gasteiger partial charge >= 0.3 is 0 Å². The second kappa shape index (κ2) is 7.64. The molecule has 28 heavy (non-hydrogen) atoms. The summed E-state index contributed by atoms with van der Waals surface area (Å²) in [5.41, 5.74) is 1.30. The fraction of sp³-hybridized carbons (Fsp3) is 0.333. The van der Waals surface area contributed by atoms with Gasteiger partial charge in [-0.2, -0.15) is 0 Å². The van der Waals surface area contributed by atoms with E-state index in [1.165, 1.54) is 12.1 Å². The zero-order chi connectivity index (χ0) is 19.7. The molecular weight excluding hydrogens is 382 g/mol. The molecule has 0 atom stereocenters. The summed E-state index contributed by atoms with van der Waals surface area (Å²) in [4.78, 5) is 5.55. The molecule has 0 aliphatic carbocycles. The summed E-state index contributed by atoms with van der Waals surface area (Å²) in [5, 5.41) is 0.322. The van der Waals surface area contributed by atoms with Crippen molar-refractivity contribution in [3.63, 3.8) is 0 Å². The van der Waals surface area contributed by atoms with Crippen LogP contribution < -0.4 is 0 Å². The van der Waals surface area contributed by atoms with Gasteiger partial charge in [-0.3, -0.25) is 0 Å². The van der Waals surface area contributed by atoms with E-state index < -0.39 is 26.7 Å². The summed E-state index contributed by atoms with van der Waals surface area (Å²) in [7, 11) is -3.41. The normalized spacial score (nSPS) is 16.6. The van der Waals surface area contributed by atoms with Gasteiger partial charge in [0.15, 0.2) is 9.84 Å². The first kappa shape index (κ1) is 19.1. The van der Waals surface area contributed by atoms with Crippen molar-refractivity contribution in [2.45, 2.75) is 29.4 Å². The summed E-state index contributed by atoms with van der Waals surface area (Å²) in [6.45, 7) is 1.92. The van der Waals surface area contributed by atoms with Crippen LogP contribution in [0.25, 0.3) is 10.9 Å². The number of aromatic amines is 1. The van der Waals surface area contributed by atoms with Gasteiger partial charge in [-0.1, -0.05) is 24.3 Å². The smallest absolute Gasteiger partial charge is 0.183 e. The van der Waals surface area contributed by atoms with Crippen molar-refractivity contribution in [1.29, 1.82) is 0 Å². The molecule has 7 heteroatoms. The van der Waals surface area contributed by atoms with Gasteiger partial charge < -0.3 is 9.88 Å². The van der Waals surface area contributed by atoms with Crippen molar-refractivity contribution >= 4 is 20.7 Å². The number of likely N-dealkylation sites (tertiary alicyclic amines) is 1. The number of fused-ring (bicyclic) bond motifs is 1. The molecule has 0 amide bonds. The third-order valence-corrected chi connectivity index (χ3v) is 7.84. The van der Waals surface area contributed by atoms with Crippen molar-refractivity contribution in [3.05, 3.63) is 65.9 Å². The topological polar surface area (TPSA) is 53.2 Å². The van der Waals surface area contributed by atoms with Crippen LogP contribution in [0, 0.1) is 11.6 Å². The van der Waals surface area contributed by atoms with Gasteiger partial charge in [-0.15, -0.1) is 0 Å². The first-order chi connectivity index (χ1) is 13.4. The molecule has 148 valence electrons. The van der Waals surface area contributed by atoms with Crippen molar-refractivity contribution in [2.75, 3.05) is 19.6 Å². The molecule has 0 unspecified atom stereocenters. The Bertz CT molecular complexity index is 1090. The SMILES string of the molecule is O=S(=O)(c1c[nH]c2ccccc12)C1CCN(CCc2ccc(F)cc2F)CC1. The van der Waals surface area contributed by atoms with Gasteiger partial charge in [-0.25, -0.2) is 17.2 Å². The van der Waals surface area contributed by atoms with Gasteiger partial charge in [0, 0.05) is 29.7 Å². The Morgan fingerprint density at radius 2 is 1.82 bits per heavy atom. The monoisotopic (exact) mass is 404 g/mol. The molecule has 0 saturated carbocycles. The Morgan fingerprint density at radius 3 is 2.57 bits per heavy atom. The number of benzene rings is 2. The van der Waals surface area contributed by atoms with Crippen LogP contribution in [0.5, 0.6) is 0 Å². The molecule has 1 saturated heterocycles. The number of H-pyrrole nitrogens is 1. The number of nitrogens with one attached hydrogen (secondary N) is 1. The van der Waals surface area contributed by atoms with Crippen LogP contribution in [-0.2, 0) is 16.3 Å². The molecule has 4 rings (SSSR count). The van der Waals surface area contributed by atoms with Crippen molar-refractivity contribution in [2.24, 2.45) is 0 Å². The van der Waals surface area contributed by atoms with Gasteiger partial charge in [0.25, 0.3) is 0 Å². The number of hydrogen-bond donors (Lipinski definition) is 1. The lowest BCUT2D eigenvalue weighted by Crippen LogP contribution is -2.40. The first-order valence-corrected chi connectivity index (χ1v) is 11.0. The largest absolute Gasteiger partial charge is 0.360 e. The van der Waals surface area contributed by atoms with Gasteiger partial charge in [0.2, 0.25) is 0 Å². The second-order valence-corrected chi connectivity index (χ2v) is 9.47. The Labute approximate surface area is 163 Å². The predicted octanol–water partition coefficient (Wildman–Crippen LogP) is 3.93. The summed E-state index contributed by atoms with van der Waals surface area (Å²) in [6, 6.07) is 11.0. The average molecular weight is 404 g/mol. The molecule has 1 aliphatic rings. The molecule has 1 fully saturated rings. The van der Waals surface area contributed by atoms with E-state index in [1.54, 1.807) is 6.20 Å². The maximum absolute atomic E-state index is 13.8.